The summed E-state index contributed by atoms with van der Waals surface area (Å²) in [5, 5.41) is 2.63. The fourth-order valence-electron chi connectivity index (χ4n) is 3.32. The first-order chi connectivity index (χ1) is 15.1. The van der Waals surface area contributed by atoms with Gasteiger partial charge in [0, 0.05) is 11.6 Å². The molecule has 0 saturated heterocycles. The molecule has 176 valence electrons. The number of methoxy groups -OCH3 is 3. The third-order valence-electron chi connectivity index (χ3n) is 4.85. The largest absolute Gasteiger partial charge is 0.497 e. The Morgan fingerprint density at radius 2 is 1.78 bits per heavy atom. The normalized spacial score (nSPS) is 18.9. The predicted molar refractivity (Wildman–Crippen MR) is 117 cm³/mol. The van der Waals surface area contributed by atoms with Gasteiger partial charge in [0.1, 0.15) is 29.2 Å². The zero-order chi connectivity index (χ0) is 23.9. The van der Waals surface area contributed by atoms with E-state index in [1.165, 1.54) is 19.1 Å². The summed E-state index contributed by atoms with van der Waals surface area (Å²) in [7, 11) is 4.33. The summed E-state index contributed by atoms with van der Waals surface area (Å²) in [6, 6.07) is 3.45. The molecule has 9 nitrogen and oxygen atoms in total. The van der Waals surface area contributed by atoms with Gasteiger partial charge < -0.3 is 29.2 Å². The average Bonchev–Trinajstić information content (AvgIpc) is 2.74. The molecule has 1 heterocycles. The number of hydrogen-bond acceptors (Lipinski definition) is 7. The van der Waals surface area contributed by atoms with Crippen molar-refractivity contribution in [1.29, 1.82) is 0 Å². The van der Waals surface area contributed by atoms with Gasteiger partial charge in [-0.1, -0.05) is 12.2 Å². The summed E-state index contributed by atoms with van der Waals surface area (Å²) >= 11 is 0. The minimum atomic E-state index is -0.905. The van der Waals surface area contributed by atoms with Gasteiger partial charge in [0.05, 0.1) is 27.9 Å². The molecule has 0 aromatic heterocycles. The highest BCUT2D eigenvalue weighted by Gasteiger charge is 2.36. The van der Waals surface area contributed by atoms with Crippen LogP contribution in [0.15, 0.2) is 30.4 Å². The number of esters is 1. The highest BCUT2D eigenvalue weighted by atomic mass is 16.6. The number of hydrogen-bond donors (Lipinski definition) is 1. The number of rotatable bonds is 6. The van der Waals surface area contributed by atoms with Crippen molar-refractivity contribution in [1.82, 2.24) is 10.2 Å². The molecule has 1 aromatic rings. The zero-order valence-corrected chi connectivity index (χ0v) is 19.5. The molecule has 0 spiro atoms. The monoisotopic (exact) mass is 448 g/mol. The molecule has 2 amide bonds. The van der Waals surface area contributed by atoms with Crippen molar-refractivity contribution in [2.45, 2.75) is 57.8 Å². The van der Waals surface area contributed by atoms with Crippen molar-refractivity contribution in [3.63, 3.8) is 0 Å². The Morgan fingerprint density at radius 1 is 1.09 bits per heavy atom. The third-order valence-corrected chi connectivity index (χ3v) is 4.85. The van der Waals surface area contributed by atoms with Gasteiger partial charge >= 0.3 is 12.1 Å². The molecule has 2 rings (SSSR count). The van der Waals surface area contributed by atoms with Crippen LogP contribution in [-0.2, 0) is 25.6 Å². The number of nitrogens with one attached hydrogen (secondary N) is 1. The zero-order valence-electron chi connectivity index (χ0n) is 19.5. The second-order valence-corrected chi connectivity index (χ2v) is 8.32. The van der Waals surface area contributed by atoms with Crippen molar-refractivity contribution < 1.29 is 33.3 Å². The van der Waals surface area contributed by atoms with Gasteiger partial charge in [0.2, 0.25) is 5.91 Å². The molecule has 9 heteroatoms. The van der Waals surface area contributed by atoms with E-state index in [1.807, 2.05) is 0 Å². The molecule has 1 aliphatic rings. The van der Waals surface area contributed by atoms with Gasteiger partial charge in [0.15, 0.2) is 0 Å². The maximum atomic E-state index is 13.5. The van der Waals surface area contributed by atoms with Crippen molar-refractivity contribution in [3.05, 3.63) is 35.9 Å². The van der Waals surface area contributed by atoms with Crippen LogP contribution in [-0.4, -0.2) is 61.9 Å². The molecule has 1 N–H and O–H groups in total. The van der Waals surface area contributed by atoms with Crippen molar-refractivity contribution in [2.75, 3.05) is 21.3 Å². The summed E-state index contributed by atoms with van der Waals surface area (Å²) in [5.74, 6) is 0.137. The van der Waals surface area contributed by atoms with Crippen LogP contribution in [0.1, 0.15) is 39.2 Å². The Kier molecular flexibility index (Phi) is 8.51. The third kappa shape index (κ3) is 6.63. The SMILES string of the molecule is COC(=O)C1CC=CCC(NC(=O)OC(C)(C)C)C(=O)N1Cc1ccc(OC)cc1OC. The Morgan fingerprint density at radius 3 is 2.38 bits per heavy atom. The molecule has 2 atom stereocenters. The van der Waals surface area contributed by atoms with E-state index in [2.05, 4.69) is 5.32 Å². The van der Waals surface area contributed by atoms with Gasteiger partial charge in [-0.25, -0.2) is 9.59 Å². The van der Waals surface area contributed by atoms with Crippen molar-refractivity contribution >= 4 is 18.0 Å². The van der Waals surface area contributed by atoms with E-state index in [-0.39, 0.29) is 19.4 Å². The summed E-state index contributed by atoms with van der Waals surface area (Å²) in [6.07, 6.45) is 3.41. The molecular weight excluding hydrogens is 416 g/mol. The highest BCUT2D eigenvalue weighted by molar-refractivity contribution is 5.90. The minimum Gasteiger partial charge on any atom is -0.497 e. The van der Waals surface area contributed by atoms with Crippen LogP contribution in [0.25, 0.3) is 0 Å². The van der Waals surface area contributed by atoms with Gasteiger partial charge in [-0.15, -0.1) is 0 Å². The lowest BCUT2D eigenvalue weighted by Gasteiger charge is -2.34. The van der Waals surface area contributed by atoms with Gasteiger partial charge in [-0.2, -0.15) is 0 Å². The van der Waals surface area contributed by atoms with Crippen LogP contribution >= 0.6 is 0 Å². The number of carbonyl (C=O) groups excluding carboxylic acids is 3. The molecule has 0 bridgehead atoms. The van der Waals surface area contributed by atoms with Crippen LogP contribution < -0.4 is 14.8 Å². The van der Waals surface area contributed by atoms with E-state index in [0.717, 1.165) is 0 Å². The molecule has 32 heavy (non-hydrogen) atoms. The minimum absolute atomic E-state index is 0.0755. The van der Waals surface area contributed by atoms with E-state index in [9.17, 15) is 14.4 Å². The van der Waals surface area contributed by atoms with Gasteiger partial charge in [0.25, 0.3) is 0 Å². The number of nitrogens with zero attached hydrogens (tertiary/aromatic N) is 1. The number of alkyl carbamates (subject to hydrolysis) is 1. The van der Waals surface area contributed by atoms with Crippen molar-refractivity contribution in [3.8, 4) is 11.5 Å². The number of carbonyl (C=O) groups is 3. The van der Waals surface area contributed by atoms with E-state index in [0.29, 0.717) is 17.1 Å². The van der Waals surface area contributed by atoms with Gasteiger partial charge in [-0.05, 0) is 45.7 Å². The average molecular weight is 449 g/mol. The van der Waals surface area contributed by atoms with Crippen LogP contribution in [0.2, 0.25) is 0 Å². The van der Waals surface area contributed by atoms with E-state index in [1.54, 1.807) is 58.2 Å². The lowest BCUT2D eigenvalue weighted by Crippen LogP contribution is -2.54. The smallest absolute Gasteiger partial charge is 0.408 e. The number of amides is 2. The Labute approximate surface area is 188 Å². The Bertz CT molecular complexity index is 860. The second-order valence-electron chi connectivity index (χ2n) is 8.32. The highest BCUT2D eigenvalue weighted by Crippen LogP contribution is 2.28. The lowest BCUT2D eigenvalue weighted by atomic mass is 10.0. The number of ether oxygens (including phenoxy) is 4. The molecule has 0 radical (unpaired) electrons. The fourth-order valence-corrected chi connectivity index (χ4v) is 3.32. The van der Waals surface area contributed by atoms with Crippen LogP contribution in [0, 0.1) is 0 Å². The van der Waals surface area contributed by atoms with Gasteiger partial charge in [-0.3, -0.25) is 4.79 Å². The van der Waals surface area contributed by atoms with E-state index >= 15 is 0 Å². The van der Waals surface area contributed by atoms with Crippen LogP contribution in [0.3, 0.4) is 0 Å². The molecule has 0 fully saturated rings. The maximum absolute atomic E-state index is 13.5. The van der Waals surface area contributed by atoms with Crippen molar-refractivity contribution in [2.24, 2.45) is 0 Å². The molecule has 0 saturated carbocycles. The topological polar surface area (TPSA) is 103 Å². The van der Waals surface area contributed by atoms with Crippen LogP contribution in [0.5, 0.6) is 11.5 Å². The quantitative estimate of drug-likeness (QED) is 0.527. The summed E-state index contributed by atoms with van der Waals surface area (Å²) in [4.78, 5) is 39.8. The maximum Gasteiger partial charge on any atom is 0.408 e. The molecule has 1 aliphatic heterocycles. The molecule has 0 aliphatic carbocycles. The molecule has 2 unspecified atom stereocenters. The Hall–Kier alpha value is -3.23. The van der Waals surface area contributed by atoms with E-state index < -0.39 is 35.7 Å². The second kappa shape index (κ2) is 10.9. The standard InChI is InChI=1S/C23H32N2O7/c1-23(2,3)32-22(28)24-17-9-7-8-10-18(21(27)31-6)25(20(17)26)14-15-11-12-16(29-4)13-19(15)30-5/h7-8,11-13,17-18H,9-10,14H2,1-6H3,(H,24,28). The summed E-state index contributed by atoms with van der Waals surface area (Å²) < 4.78 is 20.9. The molecule has 1 aromatic carbocycles. The first-order valence-electron chi connectivity index (χ1n) is 10.3. The first-order valence-corrected chi connectivity index (χ1v) is 10.3. The number of benzene rings is 1. The fraction of sp³-hybridized carbons (Fsp3) is 0.522. The Balaban J connectivity index is 2.38. The first kappa shape index (κ1) is 25.0. The van der Waals surface area contributed by atoms with Crippen LogP contribution in [0.4, 0.5) is 4.79 Å². The predicted octanol–water partition coefficient (Wildman–Crippen LogP) is 2.82. The molecular formula is C23H32N2O7. The lowest BCUT2D eigenvalue weighted by molar-refractivity contribution is -0.154. The summed E-state index contributed by atoms with van der Waals surface area (Å²) in [6.45, 7) is 5.29. The van der Waals surface area contributed by atoms with E-state index in [4.69, 9.17) is 18.9 Å². The summed E-state index contributed by atoms with van der Waals surface area (Å²) in [5.41, 5.74) is -0.0360.